The predicted octanol–water partition coefficient (Wildman–Crippen LogP) is 4.30. The molecule has 5 aliphatic heterocycles. The molecule has 9 rings (SSSR count). The van der Waals surface area contributed by atoms with Gasteiger partial charge in [0.15, 0.2) is 5.82 Å². The first-order valence-corrected chi connectivity index (χ1v) is 21.6. The monoisotopic (exact) mass is 801 g/mol. The van der Waals surface area contributed by atoms with E-state index in [9.17, 15) is 18.0 Å². The highest BCUT2D eigenvalue weighted by Gasteiger charge is 2.41. The lowest BCUT2D eigenvalue weighted by Crippen LogP contribution is -2.55. The maximum absolute atomic E-state index is 13.7. The van der Waals surface area contributed by atoms with Crippen molar-refractivity contribution in [2.24, 2.45) is 13.0 Å². The molecule has 2 unspecified atom stereocenters. The van der Waals surface area contributed by atoms with Crippen molar-refractivity contribution >= 4 is 67.6 Å². The maximum atomic E-state index is 13.7. The number of nitrogens with zero attached hydrogens (tertiary/aromatic N) is 9. The molecule has 0 aliphatic carbocycles. The van der Waals surface area contributed by atoms with Gasteiger partial charge in [-0.15, -0.1) is 0 Å². The first kappa shape index (κ1) is 37.1. The Labute approximate surface area is 332 Å². The fraction of sp³-hybridized carbons (Fsp3) is 0.513. The molecule has 2 atom stereocenters. The summed E-state index contributed by atoms with van der Waals surface area (Å²) < 4.78 is 30.9. The highest BCUT2D eigenvalue weighted by atomic mass is 35.5. The number of anilines is 4. The van der Waals surface area contributed by atoms with Crippen molar-refractivity contribution in [3.05, 3.63) is 59.9 Å². The molecular weight excluding hydrogens is 754 g/mol. The third-order valence-electron chi connectivity index (χ3n) is 12.3. The van der Waals surface area contributed by atoms with E-state index in [4.69, 9.17) is 11.6 Å². The van der Waals surface area contributed by atoms with E-state index in [0.29, 0.717) is 72.2 Å². The van der Waals surface area contributed by atoms with Crippen LogP contribution in [0, 0.1) is 5.92 Å². The number of piperidine rings is 2. The third kappa shape index (κ3) is 7.27. The number of halogens is 1. The summed E-state index contributed by atoms with van der Waals surface area (Å²) in [6.45, 7) is 6.17. The average molecular weight is 802 g/mol. The highest BCUT2D eigenvalue weighted by molar-refractivity contribution is 7.89. The normalized spacial score (nSPS) is 23.3. The number of nitrogens with one attached hydrogen (secondary N) is 2. The number of amides is 3. The summed E-state index contributed by atoms with van der Waals surface area (Å²) in [6, 6.07) is 14.5. The molecule has 3 amide bonds. The number of imide groups is 1. The SMILES string of the molecule is Cn1nc(N2CCC(=O)NC2=O)c2ccc(N3C4CCC3CN(CC3CCN(c5cccc(S(=O)(=O)N6CCC(Nc7ncc(Cl)cn7)CC6)c5)CC3)C4)cc21. The fourth-order valence-corrected chi connectivity index (χ4v) is 11.1. The number of fused-ring (bicyclic) bond motifs is 3. The number of hydrogen-bond acceptors (Lipinski definition) is 11. The van der Waals surface area contributed by atoms with E-state index in [1.807, 2.05) is 29.9 Å². The Morgan fingerprint density at radius 3 is 2.32 bits per heavy atom. The van der Waals surface area contributed by atoms with Crippen LogP contribution in [0.25, 0.3) is 10.9 Å². The number of aryl methyl sites for hydroxylation is 1. The van der Waals surface area contributed by atoms with Crippen LogP contribution in [0.3, 0.4) is 0 Å². The van der Waals surface area contributed by atoms with Crippen molar-refractivity contribution in [2.75, 3.05) is 72.4 Å². The molecule has 7 heterocycles. The van der Waals surface area contributed by atoms with E-state index < -0.39 is 16.1 Å². The van der Waals surface area contributed by atoms with Crippen molar-refractivity contribution in [3.8, 4) is 0 Å². The molecule has 5 aliphatic rings. The van der Waals surface area contributed by atoms with Crippen molar-refractivity contribution < 1.29 is 18.0 Å². The number of hydrogen-bond donors (Lipinski definition) is 2. The van der Waals surface area contributed by atoms with Crippen LogP contribution in [0.2, 0.25) is 5.02 Å². The van der Waals surface area contributed by atoms with E-state index in [1.54, 1.807) is 27.7 Å². The topological polar surface area (TPSA) is 152 Å². The second-order valence-electron chi connectivity index (χ2n) is 15.9. The van der Waals surface area contributed by atoms with Crippen molar-refractivity contribution in [1.82, 2.24) is 34.3 Å². The Morgan fingerprint density at radius 1 is 0.875 bits per heavy atom. The lowest BCUT2D eigenvalue weighted by atomic mass is 9.95. The van der Waals surface area contributed by atoms with Gasteiger partial charge in [-0.05, 0) is 80.8 Å². The molecule has 5 saturated heterocycles. The molecule has 4 aromatic rings. The van der Waals surface area contributed by atoms with Crippen molar-refractivity contribution in [2.45, 2.75) is 68.0 Å². The third-order valence-corrected chi connectivity index (χ3v) is 14.4. The average Bonchev–Trinajstić information content (AvgIpc) is 3.67. The largest absolute Gasteiger partial charge is 0.371 e. The number of benzene rings is 2. The molecule has 2 aromatic carbocycles. The molecule has 15 nitrogen and oxygen atoms in total. The van der Waals surface area contributed by atoms with Crippen LogP contribution in [0.5, 0.6) is 0 Å². The van der Waals surface area contributed by atoms with Crippen molar-refractivity contribution in [3.63, 3.8) is 0 Å². The predicted molar refractivity (Wildman–Crippen MR) is 216 cm³/mol. The zero-order valence-corrected chi connectivity index (χ0v) is 33.1. The number of piperazine rings is 1. The number of urea groups is 1. The van der Waals surface area contributed by atoms with E-state index in [-0.39, 0.29) is 18.4 Å². The van der Waals surface area contributed by atoms with Crippen LogP contribution in [-0.2, 0) is 21.9 Å². The number of aromatic nitrogens is 4. The van der Waals surface area contributed by atoms with Crippen LogP contribution in [0.1, 0.15) is 44.9 Å². The van der Waals surface area contributed by atoms with Gasteiger partial charge in [0.25, 0.3) is 0 Å². The number of likely N-dealkylation sites (tertiary alicyclic amines) is 1. The molecule has 17 heteroatoms. The van der Waals surface area contributed by atoms with Gasteiger partial charge >= 0.3 is 6.03 Å². The molecule has 296 valence electrons. The van der Waals surface area contributed by atoms with Crippen molar-refractivity contribution in [1.29, 1.82) is 0 Å². The molecular formula is C39H48ClN11O4S. The summed E-state index contributed by atoms with van der Waals surface area (Å²) in [5.74, 6) is 1.43. The Hall–Kier alpha value is -4.51. The van der Waals surface area contributed by atoms with Crippen LogP contribution in [0.4, 0.5) is 27.9 Å². The van der Waals surface area contributed by atoms with Gasteiger partial charge in [0.2, 0.25) is 21.9 Å². The standard InChI is InChI=1S/C39H48ClN11O4S/c1-46-35-20-30(7-8-34(35)37(45-46)50-18-13-36(52)44-39(50)53)51-31-5-6-32(51)25-47(24-31)23-26-9-14-48(15-10-26)29-3-2-4-33(19-29)56(54,55)49-16-11-28(12-17-49)43-38-41-21-27(40)22-42-38/h2-4,7-8,19-22,26,28,31-32H,5-6,9-18,23-25H2,1H3,(H,41,42,43)(H,44,52,53). The molecule has 0 radical (unpaired) electrons. The Kier molecular flexibility index (Phi) is 10.0. The quantitative estimate of drug-likeness (QED) is 0.249. The van der Waals surface area contributed by atoms with E-state index >= 15 is 0 Å². The second kappa shape index (κ2) is 15.1. The van der Waals surface area contributed by atoms with Crippen LogP contribution in [-0.4, -0.2) is 120 Å². The summed E-state index contributed by atoms with van der Waals surface area (Å²) in [5.41, 5.74) is 3.14. The van der Waals surface area contributed by atoms with Gasteiger partial charge in [-0.25, -0.2) is 23.2 Å². The van der Waals surface area contributed by atoms with Crippen LogP contribution >= 0.6 is 11.6 Å². The Balaban J connectivity index is 0.780. The lowest BCUT2D eigenvalue weighted by Gasteiger charge is -2.44. The zero-order chi connectivity index (χ0) is 38.6. The maximum Gasteiger partial charge on any atom is 0.329 e. The first-order chi connectivity index (χ1) is 27.1. The zero-order valence-electron chi connectivity index (χ0n) is 31.6. The minimum absolute atomic E-state index is 0.0963. The number of carbonyl (C=O) groups excluding carboxylic acids is 2. The number of carbonyl (C=O) groups is 2. The van der Waals surface area contributed by atoms with Crippen LogP contribution < -0.4 is 25.3 Å². The molecule has 0 spiro atoms. The summed E-state index contributed by atoms with van der Waals surface area (Å²) in [4.78, 5) is 42.2. The van der Waals surface area contributed by atoms with Gasteiger partial charge in [0, 0.05) is 101 Å². The van der Waals surface area contributed by atoms with Gasteiger partial charge in [-0.3, -0.25) is 24.6 Å². The molecule has 0 saturated carbocycles. The molecule has 2 N–H and O–H groups in total. The summed E-state index contributed by atoms with van der Waals surface area (Å²) in [6.07, 6.45) is 9.19. The Morgan fingerprint density at radius 2 is 1.61 bits per heavy atom. The minimum Gasteiger partial charge on any atom is -0.371 e. The number of sulfonamides is 1. The molecule has 5 fully saturated rings. The minimum atomic E-state index is -3.62. The van der Waals surface area contributed by atoms with Gasteiger partial charge in [-0.2, -0.15) is 9.40 Å². The smallest absolute Gasteiger partial charge is 0.329 e. The first-order valence-electron chi connectivity index (χ1n) is 19.8. The second-order valence-corrected chi connectivity index (χ2v) is 18.3. The Bertz CT molecular complexity index is 2210. The molecule has 2 bridgehead atoms. The van der Waals surface area contributed by atoms with Gasteiger partial charge < -0.3 is 15.1 Å². The number of rotatable bonds is 9. The van der Waals surface area contributed by atoms with E-state index in [1.165, 1.54) is 18.5 Å². The van der Waals surface area contributed by atoms with Crippen LogP contribution in [0.15, 0.2) is 59.8 Å². The summed E-state index contributed by atoms with van der Waals surface area (Å²) >= 11 is 5.90. The van der Waals surface area contributed by atoms with E-state index in [0.717, 1.165) is 62.2 Å². The van der Waals surface area contributed by atoms with Gasteiger partial charge in [0.05, 0.1) is 27.8 Å². The van der Waals surface area contributed by atoms with E-state index in [2.05, 4.69) is 58.6 Å². The van der Waals surface area contributed by atoms with Gasteiger partial charge in [-0.1, -0.05) is 17.7 Å². The molecule has 56 heavy (non-hydrogen) atoms. The lowest BCUT2D eigenvalue weighted by molar-refractivity contribution is -0.120. The molecule has 2 aromatic heterocycles. The highest BCUT2D eigenvalue weighted by Crippen LogP contribution is 2.39. The summed E-state index contributed by atoms with van der Waals surface area (Å²) in [5, 5.41) is 11.8. The fourth-order valence-electron chi connectivity index (χ4n) is 9.45. The van der Waals surface area contributed by atoms with Gasteiger partial charge in [0.1, 0.15) is 0 Å². The summed E-state index contributed by atoms with van der Waals surface area (Å²) in [7, 11) is -1.71.